The average Bonchev–Trinajstić information content (AvgIpc) is 3.22. The van der Waals surface area contributed by atoms with Crippen LogP contribution in [0, 0.1) is 0 Å². The molecule has 3 rings (SSSR count). The average molecular weight is 399 g/mol. The molecule has 1 unspecified atom stereocenters. The predicted octanol–water partition coefficient (Wildman–Crippen LogP) is 2.82. The number of rotatable bonds is 14. The molecule has 0 radical (unpaired) electrons. The fourth-order valence-electron chi connectivity index (χ4n) is 2.89. The molecule has 1 aliphatic rings. The third-order valence-corrected chi connectivity index (χ3v) is 4.40. The van der Waals surface area contributed by atoms with Crippen molar-refractivity contribution in [1.82, 2.24) is 5.32 Å². The van der Waals surface area contributed by atoms with Crippen molar-refractivity contribution in [2.24, 2.45) is 4.99 Å². The van der Waals surface area contributed by atoms with Crippen LogP contribution in [0.15, 0.2) is 65.7 Å². The third-order valence-electron chi connectivity index (χ3n) is 4.40. The molecule has 0 amide bonds. The minimum absolute atomic E-state index is 0.206. The summed E-state index contributed by atoms with van der Waals surface area (Å²) in [4.78, 5) is 4.47. The molecular weight excluding hydrogens is 368 g/mol. The van der Waals surface area contributed by atoms with Gasteiger partial charge in [0.05, 0.1) is 58.8 Å². The zero-order valence-corrected chi connectivity index (χ0v) is 16.8. The van der Waals surface area contributed by atoms with Crippen LogP contribution in [-0.4, -0.2) is 58.1 Å². The summed E-state index contributed by atoms with van der Waals surface area (Å²) in [6.45, 7) is 5.31. The fraction of sp³-hybridized carbons (Fsp3) is 0.435. The number of nitrogens with one attached hydrogen (secondary N) is 1. The summed E-state index contributed by atoms with van der Waals surface area (Å²) >= 11 is 0. The van der Waals surface area contributed by atoms with Crippen LogP contribution in [0.2, 0.25) is 0 Å². The number of benzene rings is 2. The Bertz CT molecular complexity index is 709. The van der Waals surface area contributed by atoms with Crippen LogP contribution in [0.25, 0.3) is 0 Å². The van der Waals surface area contributed by atoms with E-state index in [-0.39, 0.29) is 6.04 Å². The molecular formula is C23H30N2O4. The normalized spacial score (nSPS) is 15.9. The van der Waals surface area contributed by atoms with Gasteiger partial charge >= 0.3 is 0 Å². The molecule has 0 aliphatic carbocycles. The molecule has 1 heterocycles. The Balaban J connectivity index is 1.13. The molecule has 0 saturated carbocycles. The van der Waals surface area contributed by atoms with Crippen molar-refractivity contribution in [3.05, 3.63) is 71.8 Å². The lowest BCUT2D eigenvalue weighted by atomic mass is 10.2. The number of hydrogen-bond donors (Lipinski definition) is 1. The van der Waals surface area contributed by atoms with E-state index in [1.807, 2.05) is 36.4 Å². The summed E-state index contributed by atoms with van der Waals surface area (Å²) in [5.74, 6) is 0.877. The molecule has 156 valence electrons. The second-order valence-electron chi connectivity index (χ2n) is 6.83. The van der Waals surface area contributed by atoms with E-state index in [1.54, 1.807) is 0 Å². The van der Waals surface area contributed by atoms with Gasteiger partial charge in [-0.25, -0.2) is 0 Å². The Morgan fingerprint density at radius 1 is 0.690 bits per heavy atom. The largest absolute Gasteiger partial charge is 0.377 e. The molecule has 2 aromatic carbocycles. The first-order valence-corrected chi connectivity index (χ1v) is 10.1. The number of ether oxygens (including phenoxy) is 4. The Morgan fingerprint density at radius 2 is 1.21 bits per heavy atom. The molecule has 0 saturated heterocycles. The monoisotopic (exact) mass is 398 g/mol. The predicted molar refractivity (Wildman–Crippen MR) is 113 cm³/mol. The first-order valence-electron chi connectivity index (χ1n) is 10.1. The van der Waals surface area contributed by atoms with Crippen molar-refractivity contribution in [2.45, 2.75) is 19.3 Å². The maximum atomic E-state index is 5.68. The van der Waals surface area contributed by atoms with Gasteiger partial charge in [-0.2, -0.15) is 0 Å². The second kappa shape index (κ2) is 13.1. The van der Waals surface area contributed by atoms with E-state index in [0.717, 1.165) is 5.84 Å². The summed E-state index contributed by atoms with van der Waals surface area (Å²) in [7, 11) is 0. The van der Waals surface area contributed by atoms with Crippen LogP contribution in [-0.2, 0) is 32.2 Å². The van der Waals surface area contributed by atoms with Gasteiger partial charge in [-0.1, -0.05) is 60.7 Å². The van der Waals surface area contributed by atoms with Crippen LogP contribution < -0.4 is 5.32 Å². The van der Waals surface area contributed by atoms with E-state index in [9.17, 15) is 0 Å². The Hall–Kier alpha value is -2.25. The lowest BCUT2D eigenvalue weighted by Crippen LogP contribution is -2.36. The minimum atomic E-state index is 0.206. The molecule has 0 aromatic heterocycles. The smallest absolute Gasteiger partial charge is 0.123 e. The molecule has 29 heavy (non-hydrogen) atoms. The number of hydrogen-bond acceptors (Lipinski definition) is 6. The standard InChI is InChI=1S/C23H30N2O4/c1-3-7-20(8-4-1)16-26-11-13-28-18-22-15-24-23(25-22)19-29-14-12-27-17-21-9-5-2-6-10-21/h1-10,22H,11-19H2,(H,24,25). The maximum absolute atomic E-state index is 5.68. The van der Waals surface area contributed by atoms with Gasteiger partial charge in [0.15, 0.2) is 0 Å². The Kier molecular flexibility index (Phi) is 9.67. The minimum Gasteiger partial charge on any atom is -0.377 e. The highest BCUT2D eigenvalue weighted by Crippen LogP contribution is 2.02. The van der Waals surface area contributed by atoms with Crippen molar-refractivity contribution in [3.8, 4) is 0 Å². The van der Waals surface area contributed by atoms with E-state index >= 15 is 0 Å². The molecule has 0 spiro atoms. The number of aliphatic imine (C=N–C) groups is 1. The molecule has 0 fully saturated rings. The molecule has 6 heteroatoms. The van der Waals surface area contributed by atoms with E-state index in [1.165, 1.54) is 11.1 Å². The lowest BCUT2D eigenvalue weighted by Gasteiger charge is -2.13. The zero-order valence-electron chi connectivity index (χ0n) is 16.8. The third kappa shape index (κ3) is 8.75. The topological polar surface area (TPSA) is 61.3 Å². The van der Waals surface area contributed by atoms with Crippen LogP contribution in [0.1, 0.15) is 11.1 Å². The van der Waals surface area contributed by atoms with Gasteiger partial charge in [0, 0.05) is 0 Å². The highest BCUT2D eigenvalue weighted by molar-refractivity contribution is 5.85. The quantitative estimate of drug-likeness (QED) is 0.496. The van der Waals surface area contributed by atoms with Crippen molar-refractivity contribution < 1.29 is 18.9 Å². The van der Waals surface area contributed by atoms with Gasteiger partial charge < -0.3 is 24.3 Å². The Morgan fingerprint density at radius 3 is 1.79 bits per heavy atom. The van der Waals surface area contributed by atoms with Gasteiger partial charge in [-0.15, -0.1) is 0 Å². The molecule has 2 aromatic rings. The van der Waals surface area contributed by atoms with E-state index < -0.39 is 0 Å². The summed E-state index contributed by atoms with van der Waals surface area (Å²) in [6.07, 6.45) is 0. The molecule has 1 aliphatic heterocycles. The van der Waals surface area contributed by atoms with Gasteiger partial charge in [0.1, 0.15) is 12.4 Å². The van der Waals surface area contributed by atoms with Crippen LogP contribution in [0.4, 0.5) is 0 Å². The van der Waals surface area contributed by atoms with Crippen LogP contribution >= 0.6 is 0 Å². The van der Waals surface area contributed by atoms with Crippen LogP contribution in [0.3, 0.4) is 0 Å². The Labute approximate surface area is 172 Å². The molecule has 6 nitrogen and oxygen atoms in total. The van der Waals surface area contributed by atoms with Crippen LogP contribution in [0.5, 0.6) is 0 Å². The van der Waals surface area contributed by atoms with Gasteiger partial charge in [-0.05, 0) is 11.1 Å². The molecule has 1 atom stereocenters. The second-order valence-corrected chi connectivity index (χ2v) is 6.83. The van der Waals surface area contributed by atoms with Crippen molar-refractivity contribution in [1.29, 1.82) is 0 Å². The molecule has 0 bridgehead atoms. The van der Waals surface area contributed by atoms with Gasteiger partial charge in [0.25, 0.3) is 0 Å². The first-order chi connectivity index (χ1) is 14.4. The first kappa shape index (κ1) is 21.5. The van der Waals surface area contributed by atoms with E-state index in [2.05, 4.69) is 34.6 Å². The van der Waals surface area contributed by atoms with E-state index in [0.29, 0.717) is 59.4 Å². The SMILES string of the molecule is c1ccc(COCCOCC2=NCC(COCCOCc3ccccc3)N2)cc1. The van der Waals surface area contributed by atoms with Gasteiger partial charge in [-0.3, -0.25) is 4.99 Å². The molecule has 1 N–H and O–H groups in total. The summed E-state index contributed by atoms with van der Waals surface area (Å²) in [5, 5.41) is 3.34. The summed E-state index contributed by atoms with van der Waals surface area (Å²) < 4.78 is 22.5. The summed E-state index contributed by atoms with van der Waals surface area (Å²) in [5.41, 5.74) is 2.34. The highest BCUT2D eigenvalue weighted by Gasteiger charge is 2.17. The summed E-state index contributed by atoms with van der Waals surface area (Å²) in [6, 6.07) is 20.5. The van der Waals surface area contributed by atoms with Crippen molar-refractivity contribution in [2.75, 3.05) is 46.2 Å². The number of amidine groups is 1. The van der Waals surface area contributed by atoms with Crippen molar-refractivity contribution in [3.63, 3.8) is 0 Å². The van der Waals surface area contributed by atoms with Crippen molar-refractivity contribution >= 4 is 5.84 Å². The van der Waals surface area contributed by atoms with E-state index in [4.69, 9.17) is 18.9 Å². The maximum Gasteiger partial charge on any atom is 0.123 e. The zero-order chi connectivity index (χ0) is 20.0. The fourth-order valence-corrected chi connectivity index (χ4v) is 2.89. The van der Waals surface area contributed by atoms with Gasteiger partial charge in [0.2, 0.25) is 0 Å². The highest BCUT2D eigenvalue weighted by atomic mass is 16.5. The number of nitrogens with zero attached hydrogens (tertiary/aromatic N) is 1. The lowest BCUT2D eigenvalue weighted by molar-refractivity contribution is 0.0354.